The van der Waals surface area contributed by atoms with Crippen LogP contribution in [0.1, 0.15) is 39.0 Å². The Morgan fingerprint density at radius 2 is 2.31 bits per heavy atom. The van der Waals surface area contributed by atoms with Crippen molar-refractivity contribution in [2.75, 3.05) is 13.1 Å². The Kier molecular flexibility index (Phi) is 5.77. The zero-order valence-corrected chi connectivity index (χ0v) is 10.1. The second-order valence-electron chi connectivity index (χ2n) is 4.91. The predicted molar refractivity (Wildman–Crippen MR) is 63.8 cm³/mol. The summed E-state index contributed by atoms with van der Waals surface area (Å²) in [6, 6.07) is 0. The number of aliphatic hydroxyl groups is 1. The maximum atomic E-state index is 11.6. The van der Waals surface area contributed by atoms with Crippen LogP contribution in [0, 0.1) is 11.8 Å². The van der Waals surface area contributed by atoms with Crippen LogP contribution in [0.2, 0.25) is 0 Å². The summed E-state index contributed by atoms with van der Waals surface area (Å²) in [5.41, 5.74) is 5.41. The van der Waals surface area contributed by atoms with Crippen molar-refractivity contribution in [1.29, 1.82) is 0 Å². The van der Waals surface area contributed by atoms with E-state index in [4.69, 9.17) is 5.73 Å². The van der Waals surface area contributed by atoms with Gasteiger partial charge in [-0.2, -0.15) is 0 Å². The molecule has 0 aromatic rings. The first-order valence-corrected chi connectivity index (χ1v) is 6.29. The number of carbonyl (C=O) groups is 1. The number of carbonyl (C=O) groups excluding carboxylic acids is 1. The fraction of sp³-hybridized carbons (Fsp3) is 0.917. The SMILES string of the molecule is CC(CCN)C(=O)NCC1CCCC(O)C1. The van der Waals surface area contributed by atoms with Crippen LogP contribution in [-0.4, -0.2) is 30.2 Å². The third kappa shape index (κ3) is 4.49. The highest BCUT2D eigenvalue weighted by Gasteiger charge is 2.21. The van der Waals surface area contributed by atoms with E-state index in [9.17, 15) is 9.90 Å². The first-order valence-electron chi connectivity index (χ1n) is 6.29. The fourth-order valence-corrected chi connectivity index (χ4v) is 2.25. The van der Waals surface area contributed by atoms with Crippen LogP contribution in [0.4, 0.5) is 0 Å². The molecule has 94 valence electrons. The molecular formula is C12H24N2O2. The minimum absolute atomic E-state index is 0.00138. The van der Waals surface area contributed by atoms with Crippen LogP contribution in [0.5, 0.6) is 0 Å². The molecule has 16 heavy (non-hydrogen) atoms. The number of nitrogens with two attached hydrogens (primary N) is 1. The first-order chi connectivity index (χ1) is 7.63. The molecule has 0 saturated heterocycles. The highest BCUT2D eigenvalue weighted by Crippen LogP contribution is 2.23. The lowest BCUT2D eigenvalue weighted by molar-refractivity contribution is -0.124. The van der Waals surface area contributed by atoms with Crippen LogP contribution in [0.25, 0.3) is 0 Å². The average molecular weight is 228 g/mol. The minimum Gasteiger partial charge on any atom is -0.393 e. The van der Waals surface area contributed by atoms with Gasteiger partial charge in [0.15, 0.2) is 0 Å². The molecule has 1 fully saturated rings. The average Bonchev–Trinajstić information content (AvgIpc) is 2.26. The summed E-state index contributed by atoms with van der Waals surface area (Å²) in [5.74, 6) is 0.529. The van der Waals surface area contributed by atoms with E-state index in [0.717, 1.165) is 32.1 Å². The van der Waals surface area contributed by atoms with Gasteiger partial charge in [-0.3, -0.25) is 4.79 Å². The quantitative estimate of drug-likeness (QED) is 0.646. The molecule has 4 nitrogen and oxygen atoms in total. The molecule has 0 aliphatic heterocycles. The number of hydrogen-bond donors (Lipinski definition) is 3. The Hall–Kier alpha value is -0.610. The first kappa shape index (κ1) is 13.5. The standard InChI is InChI=1S/C12H24N2O2/c1-9(5-6-13)12(16)14-8-10-3-2-4-11(15)7-10/h9-11,15H,2-8,13H2,1H3,(H,14,16). The number of amides is 1. The van der Waals surface area contributed by atoms with Crippen LogP contribution < -0.4 is 11.1 Å². The molecule has 4 N–H and O–H groups in total. The molecule has 1 rings (SSSR count). The van der Waals surface area contributed by atoms with E-state index in [1.165, 1.54) is 0 Å². The van der Waals surface area contributed by atoms with E-state index >= 15 is 0 Å². The van der Waals surface area contributed by atoms with E-state index in [0.29, 0.717) is 19.0 Å². The third-order valence-corrected chi connectivity index (χ3v) is 3.37. The molecule has 0 spiro atoms. The van der Waals surface area contributed by atoms with Crippen molar-refractivity contribution in [3.05, 3.63) is 0 Å². The summed E-state index contributed by atoms with van der Waals surface area (Å²) in [5, 5.41) is 12.5. The Bertz CT molecular complexity index is 221. The smallest absolute Gasteiger partial charge is 0.222 e. The second kappa shape index (κ2) is 6.86. The van der Waals surface area contributed by atoms with Crippen molar-refractivity contribution in [2.24, 2.45) is 17.6 Å². The molecule has 0 aromatic heterocycles. The normalized spacial score (nSPS) is 27.4. The van der Waals surface area contributed by atoms with Crippen molar-refractivity contribution >= 4 is 5.91 Å². The van der Waals surface area contributed by atoms with E-state index in [1.807, 2.05) is 6.92 Å². The zero-order valence-electron chi connectivity index (χ0n) is 10.1. The summed E-state index contributed by atoms with van der Waals surface area (Å²) in [7, 11) is 0. The van der Waals surface area contributed by atoms with Gasteiger partial charge in [0.05, 0.1) is 6.10 Å². The van der Waals surface area contributed by atoms with Crippen molar-refractivity contribution < 1.29 is 9.90 Å². The van der Waals surface area contributed by atoms with Crippen molar-refractivity contribution in [3.8, 4) is 0 Å². The largest absolute Gasteiger partial charge is 0.393 e. The molecule has 3 unspecified atom stereocenters. The van der Waals surface area contributed by atoms with E-state index in [2.05, 4.69) is 5.32 Å². The van der Waals surface area contributed by atoms with Gasteiger partial charge in [0.25, 0.3) is 0 Å². The second-order valence-corrected chi connectivity index (χ2v) is 4.91. The lowest BCUT2D eigenvalue weighted by Crippen LogP contribution is -2.36. The summed E-state index contributed by atoms with van der Waals surface area (Å²) in [4.78, 5) is 11.6. The van der Waals surface area contributed by atoms with Crippen LogP contribution in [-0.2, 0) is 4.79 Å². The molecule has 0 heterocycles. The lowest BCUT2D eigenvalue weighted by atomic mass is 9.87. The Morgan fingerprint density at radius 1 is 1.56 bits per heavy atom. The molecule has 3 atom stereocenters. The van der Waals surface area contributed by atoms with Gasteiger partial charge < -0.3 is 16.2 Å². The molecule has 1 aliphatic rings. The van der Waals surface area contributed by atoms with E-state index in [-0.39, 0.29) is 17.9 Å². The van der Waals surface area contributed by atoms with Gasteiger partial charge in [-0.1, -0.05) is 13.3 Å². The highest BCUT2D eigenvalue weighted by atomic mass is 16.3. The molecule has 0 aromatic carbocycles. The van der Waals surface area contributed by atoms with Gasteiger partial charge in [-0.25, -0.2) is 0 Å². The zero-order chi connectivity index (χ0) is 12.0. The Balaban J connectivity index is 2.20. The summed E-state index contributed by atoms with van der Waals surface area (Å²) in [6.45, 7) is 3.15. The maximum Gasteiger partial charge on any atom is 0.222 e. The maximum absolute atomic E-state index is 11.6. The van der Waals surface area contributed by atoms with Gasteiger partial charge >= 0.3 is 0 Å². The summed E-state index contributed by atoms with van der Waals surface area (Å²) in [6.07, 6.45) is 4.48. The molecule has 0 bridgehead atoms. The fourth-order valence-electron chi connectivity index (χ4n) is 2.25. The van der Waals surface area contributed by atoms with Crippen LogP contribution >= 0.6 is 0 Å². The number of aliphatic hydroxyl groups excluding tert-OH is 1. The number of hydrogen-bond acceptors (Lipinski definition) is 3. The number of nitrogens with one attached hydrogen (secondary N) is 1. The van der Waals surface area contributed by atoms with Gasteiger partial charge in [-0.05, 0) is 38.1 Å². The number of rotatable bonds is 5. The molecule has 4 heteroatoms. The molecule has 1 aliphatic carbocycles. The summed E-state index contributed by atoms with van der Waals surface area (Å²) >= 11 is 0. The van der Waals surface area contributed by atoms with E-state index < -0.39 is 0 Å². The van der Waals surface area contributed by atoms with Gasteiger partial charge in [0.2, 0.25) is 5.91 Å². The lowest BCUT2D eigenvalue weighted by Gasteiger charge is -2.26. The van der Waals surface area contributed by atoms with Gasteiger partial charge in [0, 0.05) is 12.5 Å². The minimum atomic E-state index is -0.169. The monoisotopic (exact) mass is 228 g/mol. The summed E-state index contributed by atoms with van der Waals surface area (Å²) < 4.78 is 0. The molecular weight excluding hydrogens is 204 g/mol. The van der Waals surface area contributed by atoms with Gasteiger partial charge in [-0.15, -0.1) is 0 Å². The van der Waals surface area contributed by atoms with Gasteiger partial charge in [0.1, 0.15) is 0 Å². The Labute approximate surface area is 97.6 Å². The van der Waals surface area contributed by atoms with Crippen molar-refractivity contribution in [3.63, 3.8) is 0 Å². The molecule has 1 amide bonds. The molecule has 1 saturated carbocycles. The van der Waals surface area contributed by atoms with E-state index in [1.54, 1.807) is 0 Å². The highest BCUT2D eigenvalue weighted by molar-refractivity contribution is 5.78. The Morgan fingerprint density at radius 3 is 2.94 bits per heavy atom. The van der Waals surface area contributed by atoms with Crippen LogP contribution in [0.3, 0.4) is 0 Å². The van der Waals surface area contributed by atoms with Crippen LogP contribution in [0.15, 0.2) is 0 Å². The van der Waals surface area contributed by atoms with Crippen molar-refractivity contribution in [2.45, 2.75) is 45.1 Å². The molecule has 0 radical (unpaired) electrons. The topological polar surface area (TPSA) is 75.4 Å². The predicted octanol–water partition coefficient (Wildman–Crippen LogP) is 0.639. The van der Waals surface area contributed by atoms with Crippen molar-refractivity contribution in [1.82, 2.24) is 5.32 Å². The third-order valence-electron chi connectivity index (χ3n) is 3.37.